The van der Waals surface area contributed by atoms with Gasteiger partial charge >= 0.3 is 0 Å². The number of fused-ring (bicyclic) bond motifs is 1. The molecule has 0 fully saturated rings. The highest BCUT2D eigenvalue weighted by molar-refractivity contribution is 7.92. The number of nitrogens with two attached hydrogens (primary N) is 1. The van der Waals surface area contributed by atoms with Crippen LogP contribution in [-0.4, -0.2) is 18.4 Å². The largest absolute Gasteiger partial charge is 0.398 e. The van der Waals surface area contributed by atoms with Crippen LogP contribution >= 0.6 is 0 Å². The van der Waals surface area contributed by atoms with E-state index in [1.807, 2.05) is 12.1 Å². The Labute approximate surface area is 121 Å². The molecule has 0 bridgehead atoms. The Morgan fingerprint density at radius 1 is 1.00 bits per heavy atom. The van der Waals surface area contributed by atoms with Gasteiger partial charge in [-0.3, -0.25) is 14.7 Å². The van der Waals surface area contributed by atoms with Crippen LogP contribution in [0.15, 0.2) is 60.0 Å². The van der Waals surface area contributed by atoms with Crippen LogP contribution in [-0.2, 0) is 10.0 Å². The summed E-state index contributed by atoms with van der Waals surface area (Å²) in [4.78, 5) is 7.78. The molecule has 106 valence electrons. The van der Waals surface area contributed by atoms with Crippen molar-refractivity contribution >= 4 is 32.2 Å². The number of nitrogens with one attached hydrogen (secondary N) is 1. The van der Waals surface area contributed by atoms with Gasteiger partial charge in [0.25, 0.3) is 10.0 Å². The fourth-order valence-corrected chi connectivity index (χ4v) is 3.17. The van der Waals surface area contributed by atoms with Crippen LogP contribution in [0.1, 0.15) is 0 Å². The summed E-state index contributed by atoms with van der Waals surface area (Å²) in [5.74, 6) is 0. The Hall–Kier alpha value is -2.67. The number of nitrogen functional groups attached to an aromatic ring is 1. The quantitative estimate of drug-likeness (QED) is 0.771. The van der Waals surface area contributed by atoms with Crippen molar-refractivity contribution in [3.63, 3.8) is 0 Å². The molecule has 1 aromatic carbocycles. The van der Waals surface area contributed by atoms with Gasteiger partial charge in [0.1, 0.15) is 4.90 Å². The smallest absolute Gasteiger partial charge is 0.265 e. The molecule has 0 atom stereocenters. The molecule has 3 aromatic rings. The van der Waals surface area contributed by atoms with Gasteiger partial charge in [-0.15, -0.1) is 0 Å². The third-order valence-electron chi connectivity index (χ3n) is 3.03. The van der Waals surface area contributed by atoms with Crippen molar-refractivity contribution in [1.82, 2.24) is 9.97 Å². The van der Waals surface area contributed by atoms with E-state index in [2.05, 4.69) is 14.7 Å². The predicted molar refractivity (Wildman–Crippen MR) is 81.2 cm³/mol. The van der Waals surface area contributed by atoms with Crippen LogP contribution in [0.5, 0.6) is 0 Å². The zero-order chi connectivity index (χ0) is 14.9. The first-order valence-electron chi connectivity index (χ1n) is 6.13. The van der Waals surface area contributed by atoms with Crippen LogP contribution < -0.4 is 10.5 Å². The standard InChI is InChI=1S/C14H12N4O2S/c15-12-5-7-17-9-14(12)21(19,20)18-13-3-1-2-10-4-6-16-8-11(10)13/h1-9,18H,(H2,15,17). The van der Waals surface area contributed by atoms with Crippen molar-refractivity contribution < 1.29 is 8.42 Å². The molecule has 2 heterocycles. The SMILES string of the molecule is Nc1ccncc1S(=O)(=O)Nc1cccc2ccncc12. The molecule has 0 amide bonds. The van der Waals surface area contributed by atoms with E-state index in [0.29, 0.717) is 11.1 Å². The first-order valence-corrected chi connectivity index (χ1v) is 7.61. The fraction of sp³-hybridized carbons (Fsp3) is 0. The number of aromatic nitrogens is 2. The number of sulfonamides is 1. The molecule has 0 aliphatic rings. The van der Waals surface area contributed by atoms with Gasteiger partial charge in [-0.05, 0) is 23.6 Å². The zero-order valence-electron chi connectivity index (χ0n) is 10.9. The fourth-order valence-electron chi connectivity index (χ4n) is 2.02. The van der Waals surface area contributed by atoms with Crippen LogP contribution in [0.3, 0.4) is 0 Å². The summed E-state index contributed by atoms with van der Waals surface area (Å²) in [6.45, 7) is 0. The highest BCUT2D eigenvalue weighted by Crippen LogP contribution is 2.26. The monoisotopic (exact) mass is 300 g/mol. The molecule has 2 aromatic heterocycles. The topological polar surface area (TPSA) is 98.0 Å². The molecule has 21 heavy (non-hydrogen) atoms. The number of hydrogen-bond donors (Lipinski definition) is 2. The van der Waals surface area contributed by atoms with Crippen molar-refractivity contribution in [2.45, 2.75) is 4.90 Å². The lowest BCUT2D eigenvalue weighted by molar-refractivity contribution is 0.601. The highest BCUT2D eigenvalue weighted by Gasteiger charge is 2.18. The lowest BCUT2D eigenvalue weighted by Gasteiger charge is -2.11. The third kappa shape index (κ3) is 2.50. The first kappa shape index (κ1) is 13.3. The van der Waals surface area contributed by atoms with Gasteiger partial charge in [0.05, 0.1) is 11.4 Å². The van der Waals surface area contributed by atoms with E-state index in [1.165, 1.54) is 18.5 Å². The molecule has 3 rings (SSSR count). The van der Waals surface area contributed by atoms with Gasteiger partial charge in [-0.1, -0.05) is 12.1 Å². The maximum Gasteiger partial charge on any atom is 0.265 e. The molecule has 6 nitrogen and oxygen atoms in total. The van der Waals surface area contributed by atoms with Crippen molar-refractivity contribution in [2.24, 2.45) is 0 Å². The zero-order valence-corrected chi connectivity index (χ0v) is 11.7. The minimum absolute atomic E-state index is 0.0501. The molecule has 0 aliphatic carbocycles. The third-order valence-corrected chi connectivity index (χ3v) is 4.44. The Bertz CT molecular complexity index is 904. The highest BCUT2D eigenvalue weighted by atomic mass is 32.2. The maximum absolute atomic E-state index is 12.4. The van der Waals surface area contributed by atoms with Gasteiger partial charge in [0.2, 0.25) is 0 Å². The summed E-state index contributed by atoms with van der Waals surface area (Å²) < 4.78 is 27.4. The van der Waals surface area contributed by atoms with Crippen LogP contribution in [0, 0.1) is 0 Å². The van der Waals surface area contributed by atoms with Crippen LogP contribution in [0.4, 0.5) is 11.4 Å². The van der Waals surface area contributed by atoms with E-state index in [4.69, 9.17) is 5.73 Å². The second-order valence-electron chi connectivity index (χ2n) is 4.42. The molecular formula is C14H12N4O2S. The summed E-state index contributed by atoms with van der Waals surface area (Å²) in [6, 6.07) is 8.58. The first-order chi connectivity index (χ1) is 10.1. The Kier molecular flexibility index (Phi) is 3.19. The number of nitrogens with zero attached hydrogens (tertiary/aromatic N) is 2. The van der Waals surface area contributed by atoms with Crippen molar-refractivity contribution in [2.75, 3.05) is 10.5 Å². The van der Waals surface area contributed by atoms with Gasteiger partial charge in [-0.25, -0.2) is 8.42 Å². The summed E-state index contributed by atoms with van der Waals surface area (Å²) in [5, 5.41) is 1.61. The normalized spacial score (nSPS) is 11.4. The lowest BCUT2D eigenvalue weighted by atomic mass is 10.1. The second kappa shape index (κ2) is 5.02. The molecule has 0 spiro atoms. The van der Waals surface area contributed by atoms with Gasteiger partial charge in [0.15, 0.2) is 0 Å². The summed E-state index contributed by atoms with van der Waals surface area (Å²) in [5.41, 5.74) is 6.30. The minimum Gasteiger partial charge on any atom is -0.398 e. The van der Waals surface area contributed by atoms with Crippen LogP contribution in [0.25, 0.3) is 10.8 Å². The summed E-state index contributed by atoms with van der Waals surface area (Å²) in [7, 11) is -3.80. The molecule has 3 N–H and O–H groups in total. The molecule has 0 saturated carbocycles. The average molecular weight is 300 g/mol. The van der Waals surface area contributed by atoms with E-state index in [0.717, 1.165) is 5.39 Å². The Balaban J connectivity index is 2.08. The molecule has 0 unspecified atom stereocenters. The predicted octanol–water partition coefficient (Wildman–Crippen LogP) is 2.01. The number of hydrogen-bond acceptors (Lipinski definition) is 5. The summed E-state index contributed by atoms with van der Waals surface area (Å²) >= 11 is 0. The van der Waals surface area contributed by atoms with Crippen LogP contribution in [0.2, 0.25) is 0 Å². The number of benzene rings is 1. The van der Waals surface area contributed by atoms with E-state index in [-0.39, 0.29) is 10.6 Å². The molecule has 7 heteroatoms. The molecule has 0 saturated heterocycles. The number of pyridine rings is 2. The van der Waals surface area contributed by atoms with E-state index >= 15 is 0 Å². The van der Waals surface area contributed by atoms with Crippen molar-refractivity contribution in [1.29, 1.82) is 0 Å². The van der Waals surface area contributed by atoms with Gasteiger partial charge < -0.3 is 5.73 Å². The number of rotatable bonds is 3. The molecule has 0 radical (unpaired) electrons. The number of anilines is 2. The van der Waals surface area contributed by atoms with E-state index in [9.17, 15) is 8.42 Å². The molecular weight excluding hydrogens is 288 g/mol. The van der Waals surface area contributed by atoms with Crippen molar-refractivity contribution in [3.05, 3.63) is 55.1 Å². The lowest BCUT2D eigenvalue weighted by Crippen LogP contribution is -2.15. The Morgan fingerprint density at radius 2 is 1.76 bits per heavy atom. The van der Waals surface area contributed by atoms with E-state index in [1.54, 1.807) is 24.5 Å². The van der Waals surface area contributed by atoms with Gasteiger partial charge in [-0.2, -0.15) is 0 Å². The molecule has 0 aliphatic heterocycles. The minimum atomic E-state index is -3.80. The average Bonchev–Trinajstić information content (AvgIpc) is 2.47. The summed E-state index contributed by atoms with van der Waals surface area (Å²) in [6.07, 6.45) is 5.93. The van der Waals surface area contributed by atoms with Crippen molar-refractivity contribution in [3.8, 4) is 0 Å². The Morgan fingerprint density at radius 3 is 2.57 bits per heavy atom. The van der Waals surface area contributed by atoms with Gasteiger partial charge in [0, 0.05) is 30.2 Å². The van der Waals surface area contributed by atoms with E-state index < -0.39 is 10.0 Å². The maximum atomic E-state index is 12.4. The second-order valence-corrected chi connectivity index (χ2v) is 6.07.